The predicted octanol–water partition coefficient (Wildman–Crippen LogP) is 0.0778. The van der Waals surface area contributed by atoms with Gasteiger partial charge in [-0.05, 0) is 36.8 Å². The first kappa shape index (κ1) is 13.9. The van der Waals surface area contributed by atoms with E-state index in [9.17, 15) is 0 Å². The van der Waals surface area contributed by atoms with Crippen LogP contribution in [0.4, 0.5) is 0 Å². The molecular formula is C8H25NSi2. The Morgan fingerprint density at radius 1 is 1.27 bits per heavy atom. The molecule has 0 rings (SSSR count). The van der Waals surface area contributed by atoms with E-state index in [0.717, 1.165) is 5.92 Å². The zero-order chi connectivity index (χ0) is 9.28. The van der Waals surface area contributed by atoms with Gasteiger partial charge in [0.05, 0.1) is 0 Å². The zero-order valence-corrected chi connectivity index (χ0v) is 12.6. The van der Waals surface area contributed by atoms with E-state index in [1.54, 1.807) is 6.04 Å². The summed E-state index contributed by atoms with van der Waals surface area (Å²) in [5.41, 5.74) is 0. The van der Waals surface area contributed by atoms with E-state index in [2.05, 4.69) is 13.8 Å². The van der Waals surface area contributed by atoms with Gasteiger partial charge in [0, 0.05) is 9.04 Å². The van der Waals surface area contributed by atoms with Crippen LogP contribution in [0, 0.1) is 5.92 Å². The van der Waals surface area contributed by atoms with E-state index < -0.39 is 0 Å². The summed E-state index contributed by atoms with van der Waals surface area (Å²) in [6.07, 6.45) is 1.50. The third-order valence-corrected chi connectivity index (χ3v) is 4.37. The Morgan fingerprint density at radius 3 is 1.73 bits per heavy atom. The second-order valence-corrected chi connectivity index (χ2v) is 8.58. The molecule has 0 spiro atoms. The highest BCUT2D eigenvalue weighted by molar-refractivity contribution is 6.89. The lowest BCUT2D eigenvalue weighted by Gasteiger charge is -1.98. The standard InChI is InChI=1S/C5H16Si2.C3H9N/c1-5(2)3-4-7-6;1-4(2)3/h5H,3-4,7H2,1-2,6H3;1-3H3. The largest absolute Gasteiger partial charge is 0.312 e. The van der Waals surface area contributed by atoms with Crippen molar-refractivity contribution in [1.29, 1.82) is 0 Å². The summed E-state index contributed by atoms with van der Waals surface area (Å²) in [6, 6.07) is 1.60. The first-order valence-corrected chi connectivity index (χ1v) is 11.3. The smallest absolute Gasteiger partial charge is 0.00414 e. The third-order valence-electron chi connectivity index (χ3n) is 1.14. The van der Waals surface area contributed by atoms with Crippen LogP contribution in [0.2, 0.25) is 6.04 Å². The molecule has 0 radical (unpaired) electrons. The highest BCUT2D eigenvalue weighted by Gasteiger charge is 1.89. The lowest BCUT2D eigenvalue weighted by molar-refractivity contribution is 0.505. The Morgan fingerprint density at radius 2 is 1.64 bits per heavy atom. The Labute approximate surface area is 77.6 Å². The van der Waals surface area contributed by atoms with Crippen LogP contribution < -0.4 is 0 Å². The lowest BCUT2D eigenvalue weighted by atomic mass is 10.2. The molecule has 0 N–H and O–H groups in total. The van der Waals surface area contributed by atoms with Gasteiger partial charge in [-0.3, -0.25) is 0 Å². The number of hydrogen-bond donors (Lipinski definition) is 0. The molecule has 0 aromatic carbocycles. The van der Waals surface area contributed by atoms with Gasteiger partial charge < -0.3 is 4.90 Å². The maximum Gasteiger partial charge on any atom is 0.00414 e. The molecule has 0 saturated carbocycles. The first-order chi connectivity index (χ1) is 5.00. The first-order valence-electron chi connectivity index (χ1n) is 4.61. The molecule has 0 aromatic heterocycles. The fourth-order valence-corrected chi connectivity index (χ4v) is 3.06. The van der Waals surface area contributed by atoms with Gasteiger partial charge in [-0.2, -0.15) is 0 Å². The summed E-state index contributed by atoms with van der Waals surface area (Å²) in [7, 11) is 8.04. The Balaban J connectivity index is 0. The van der Waals surface area contributed by atoms with Gasteiger partial charge in [0.1, 0.15) is 0 Å². The van der Waals surface area contributed by atoms with Crippen LogP contribution in [0.1, 0.15) is 20.3 Å². The average molecular weight is 191 g/mol. The lowest BCUT2D eigenvalue weighted by Crippen LogP contribution is -1.99. The SMILES string of the molecule is CC(C)CC[SiH2][SiH3].CN(C)C. The van der Waals surface area contributed by atoms with E-state index in [-0.39, 0.29) is 0 Å². The van der Waals surface area contributed by atoms with Crippen LogP contribution in [0.25, 0.3) is 0 Å². The zero-order valence-electron chi connectivity index (χ0n) is 9.15. The molecule has 0 aromatic rings. The fraction of sp³-hybridized carbons (Fsp3) is 1.00. The molecule has 70 valence electrons. The predicted molar refractivity (Wildman–Crippen MR) is 62.4 cm³/mol. The van der Waals surface area contributed by atoms with Crippen molar-refractivity contribution in [1.82, 2.24) is 4.90 Å². The molecule has 0 amide bonds. The summed E-state index contributed by atoms with van der Waals surface area (Å²) < 4.78 is 0. The van der Waals surface area contributed by atoms with Crippen molar-refractivity contribution in [3.05, 3.63) is 0 Å². The van der Waals surface area contributed by atoms with E-state index in [4.69, 9.17) is 0 Å². The number of nitrogens with zero attached hydrogens (tertiary/aromatic N) is 1. The molecule has 0 bridgehead atoms. The second-order valence-electron chi connectivity index (χ2n) is 3.88. The van der Waals surface area contributed by atoms with Gasteiger partial charge in [0.2, 0.25) is 0 Å². The van der Waals surface area contributed by atoms with Crippen LogP contribution in [-0.4, -0.2) is 44.8 Å². The molecule has 0 unspecified atom stereocenters. The summed E-state index contributed by atoms with van der Waals surface area (Å²) in [4.78, 5) is 2.00. The van der Waals surface area contributed by atoms with Crippen molar-refractivity contribution in [3.8, 4) is 0 Å². The van der Waals surface area contributed by atoms with Crippen molar-refractivity contribution in [2.45, 2.75) is 26.3 Å². The summed E-state index contributed by atoms with van der Waals surface area (Å²) in [6.45, 7) is 4.62. The monoisotopic (exact) mass is 191 g/mol. The molecular weight excluding hydrogens is 166 g/mol. The van der Waals surface area contributed by atoms with E-state index in [1.165, 1.54) is 16.2 Å². The summed E-state index contributed by atoms with van der Waals surface area (Å²) >= 11 is 0. The van der Waals surface area contributed by atoms with E-state index in [1.807, 2.05) is 26.0 Å². The fourth-order valence-electron chi connectivity index (χ4n) is 0.612. The average Bonchev–Trinajstić information content (AvgIpc) is 1.82. The molecule has 0 heterocycles. The summed E-state index contributed by atoms with van der Waals surface area (Å²) in [5.74, 6) is 0.960. The molecule has 0 aliphatic heterocycles. The Bertz CT molecular complexity index is 62.4. The second kappa shape index (κ2) is 10.4. The quantitative estimate of drug-likeness (QED) is 0.571. The van der Waals surface area contributed by atoms with Gasteiger partial charge in [0.15, 0.2) is 0 Å². The third kappa shape index (κ3) is 37.9. The van der Waals surface area contributed by atoms with Crippen LogP contribution in [0.5, 0.6) is 0 Å². The van der Waals surface area contributed by atoms with Crippen molar-refractivity contribution in [2.24, 2.45) is 5.92 Å². The highest BCUT2D eigenvalue weighted by atomic mass is 29.1. The molecule has 0 aliphatic carbocycles. The van der Waals surface area contributed by atoms with Crippen molar-refractivity contribution < 1.29 is 0 Å². The molecule has 1 nitrogen and oxygen atoms in total. The molecule has 11 heavy (non-hydrogen) atoms. The van der Waals surface area contributed by atoms with Crippen LogP contribution in [0.3, 0.4) is 0 Å². The Hall–Kier alpha value is 0.394. The van der Waals surface area contributed by atoms with Gasteiger partial charge >= 0.3 is 0 Å². The van der Waals surface area contributed by atoms with Crippen LogP contribution in [-0.2, 0) is 0 Å². The van der Waals surface area contributed by atoms with Crippen LogP contribution >= 0.6 is 0 Å². The molecule has 0 aliphatic rings. The molecule has 0 saturated heterocycles. The Kier molecular flexibility index (Phi) is 13.2. The minimum absolute atomic E-state index is 0.510. The summed E-state index contributed by atoms with van der Waals surface area (Å²) in [5, 5.41) is 0. The molecule has 0 fully saturated rings. The minimum Gasteiger partial charge on any atom is -0.312 e. The van der Waals surface area contributed by atoms with Crippen molar-refractivity contribution in [2.75, 3.05) is 21.1 Å². The topological polar surface area (TPSA) is 3.24 Å². The van der Waals surface area contributed by atoms with Gasteiger partial charge in [0.25, 0.3) is 0 Å². The van der Waals surface area contributed by atoms with E-state index >= 15 is 0 Å². The maximum atomic E-state index is 2.31. The van der Waals surface area contributed by atoms with E-state index in [0.29, 0.717) is 9.04 Å². The van der Waals surface area contributed by atoms with Crippen molar-refractivity contribution >= 4 is 18.8 Å². The molecule has 3 heteroatoms. The van der Waals surface area contributed by atoms with Gasteiger partial charge in [-0.25, -0.2) is 0 Å². The normalized spacial score (nSPS) is 11.2. The van der Waals surface area contributed by atoms with Gasteiger partial charge in [-0.15, -0.1) is 0 Å². The molecule has 0 atom stereocenters. The number of hydrogen-bond acceptors (Lipinski definition) is 1. The number of rotatable bonds is 3. The van der Waals surface area contributed by atoms with Crippen molar-refractivity contribution in [3.63, 3.8) is 0 Å². The highest BCUT2D eigenvalue weighted by Crippen LogP contribution is 2.01. The maximum absolute atomic E-state index is 2.31. The minimum atomic E-state index is 0.510. The van der Waals surface area contributed by atoms with Crippen LogP contribution in [0.15, 0.2) is 0 Å². The van der Waals surface area contributed by atoms with Gasteiger partial charge in [-0.1, -0.05) is 26.3 Å².